The number of pyridine rings is 1. The molecule has 2 aromatic heterocycles. The van der Waals surface area contributed by atoms with E-state index in [4.69, 9.17) is 4.74 Å². The number of halogens is 1. The van der Waals surface area contributed by atoms with Crippen molar-refractivity contribution in [2.24, 2.45) is 0 Å². The van der Waals surface area contributed by atoms with Crippen LogP contribution in [0.3, 0.4) is 0 Å². The third-order valence-electron chi connectivity index (χ3n) is 4.22. The molecular formula is C20H14FN3O4. The lowest BCUT2D eigenvalue weighted by Crippen LogP contribution is -2.17. The normalized spacial score (nSPS) is 15.3. The molecule has 0 aliphatic carbocycles. The molecule has 3 heterocycles. The summed E-state index contributed by atoms with van der Waals surface area (Å²) in [6.45, 7) is 0.0986. The molecule has 3 N–H and O–H groups in total. The quantitative estimate of drug-likeness (QED) is 0.465. The predicted molar refractivity (Wildman–Crippen MR) is 98.1 cm³/mol. The highest BCUT2D eigenvalue weighted by atomic mass is 19.1. The zero-order chi connectivity index (χ0) is 19.7. The van der Waals surface area contributed by atoms with Gasteiger partial charge in [0.2, 0.25) is 11.7 Å². The highest BCUT2D eigenvalue weighted by Gasteiger charge is 2.35. The van der Waals surface area contributed by atoms with E-state index in [-0.39, 0.29) is 18.2 Å². The number of aromatic amines is 1. The van der Waals surface area contributed by atoms with Crippen LogP contribution in [0.5, 0.6) is 0 Å². The summed E-state index contributed by atoms with van der Waals surface area (Å²) in [5, 5.41) is 12.9. The third kappa shape index (κ3) is 3.23. The van der Waals surface area contributed by atoms with E-state index in [1.807, 2.05) is 6.07 Å². The van der Waals surface area contributed by atoms with Gasteiger partial charge in [-0.1, -0.05) is 12.1 Å². The van der Waals surface area contributed by atoms with Gasteiger partial charge in [0.25, 0.3) is 0 Å². The molecule has 0 saturated heterocycles. The Hall–Kier alpha value is -3.94. The Morgan fingerprint density at radius 2 is 2.18 bits per heavy atom. The minimum Gasteiger partial charge on any atom is -0.477 e. The van der Waals surface area contributed by atoms with Gasteiger partial charge in [0, 0.05) is 29.9 Å². The topological polar surface area (TPSA) is 104 Å². The number of H-pyrrole nitrogens is 1. The number of carbonyl (C=O) groups is 2. The number of Topliss-reactive ketones (excluding diaryl/α,β-unsaturated/α-hetero) is 1. The van der Waals surface area contributed by atoms with Gasteiger partial charge >= 0.3 is 5.97 Å². The number of aliphatic carboxylic acids is 1. The largest absolute Gasteiger partial charge is 0.477 e. The van der Waals surface area contributed by atoms with Crippen molar-refractivity contribution in [3.05, 3.63) is 83.0 Å². The number of allylic oxidation sites excluding steroid dienone is 1. The van der Waals surface area contributed by atoms with Crippen molar-refractivity contribution >= 4 is 28.9 Å². The third-order valence-corrected chi connectivity index (χ3v) is 4.22. The standard InChI is InChI=1S/C20H14FN3O4/c21-13-4-1-3-11(7-13)9-24-19-16(20(26)27)17(25)15(28-19)8-12-10-23-18-14(12)5-2-6-22-18/h1-8,10,24H,9H2,(H,22,23)(H,26,27)/b15-8-. The summed E-state index contributed by atoms with van der Waals surface area (Å²) in [7, 11) is 0. The number of rotatable bonds is 5. The summed E-state index contributed by atoms with van der Waals surface area (Å²) >= 11 is 0. The second-order valence-corrected chi connectivity index (χ2v) is 6.08. The van der Waals surface area contributed by atoms with Gasteiger partial charge in [-0.25, -0.2) is 14.2 Å². The molecule has 140 valence electrons. The summed E-state index contributed by atoms with van der Waals surface area (Å²) in [5.74, 6) is -2.86. The first-order chi connectivity index (χ1) is 13.5. The first-order valence-electron chi connectivity index (χ1n) is 8.35. The molecular weight excluding hydrogens is 365 g/mol. The number of hydrogen-bond donors (Lipinski definition) is 3. The number of nitrogens with one attached hydrogen (secondary N) is 2. The molecule has 0 saturated carbocycles. The molecule has 0 spiro atoms. The lowest BCUT2D eigenvalue weighted by atomic mass is 10.1. The lowest BCUT2D eigenvalue weighted by Gasteiger charge is -2.08. The van der Waals surface area contributed by atoms with Gasteiger partial charge in [0.1, 0.15) is 11.5 Å². The fraction of sp³-hybridized carbons (Fsp3) is 0.0500. The molecule has 7 nitrogen and oxygen atoms in total. The molecule has 0 amide bonds. The molecule has 8 heteroatoms. The zero-order valence-corrected chi connectivity index (χ0v) is 14.4. The van der Waals surface area contributed by atoms with Crippen LogP contribution in [0, 0.1) is 5.82 Å². The van der Waals surface area contributed by atoms with E-state index in [1.54, 1.807) is 24.5 Å². The number of carboxylic acid groups (broad SMARTS) is 1. The number of hydrogen-bond acceptors (Lipinski definition) is 5. The van der Waals surface area contributed by atoms with Crippen molar-refractivity contribution in [2.75, 3.05) is 0 Å². The maximum atomic E-state index is 13.3. The SMILES string of the molecule is O=C(O)C1=C(NCc2cccc(F)c2)O/C(=C\c2c[nH]c3ncccc23)C1=O. The number of ketones is 1. The minimum atomic E-state index is -1.41. The van der Waals surface area contributed by atoms with Crippen LogP contribution in [0.25, 0.3) is 17.1 Å². The van der Waals surface area contributed by atoms with E-state index in [0.717, 1.165) is 5.39 Å². The van der Waals surface area contributed by atoms with Crippen LogP contribution in [0.2, 0.25) is 0 Å². The molecule has 1 aliphatic heterocycles. The monoisotopic (exact) mass is 379 g/mol. The molecule has 0 radical (unpaired) electrons. The second-order valence-electron chi connectivity index (χ2n) is 6.08. The number of benzene rings is 1. The Labute approximate surface area is 158 Å². The van der Waals surface area contributed by atoms with Gasteiger partial charge in [-0.15, -0.1) is 0 Å². The van der Waals surface area contributed by atoms with Gasteiger partial charge in [-0.3, -0.25) is 4.79 Å². The van der Waals surface area contributed by atoms with Crippen molar-refractivity contribution in [3.63, 3.8) is 0 Å². The summed E-state index contributed by atoms with van der Waals surface area (Å²) < 4.78 is 18.8. The predicted octanol–water partition coefficient (Wildman–Crippen LogP) is 2.73. The fourth-order valence-corrected chi connectivity index (χ4v) is 2.91. The van der Waals surface area contributed by atoms with E-state index >= 15 is 0 Å². The van der Waals surface area contributed by atoms with E-state index < -0.39 is 23.1 Å². The van der Waals surface area contributed by atoms with Crippen LogP contribution in [-0.4, -0.2) is 26.8 Å². The van der Waals surface area contributed by atoms with Crippen molar-refractivity contribution in [1.82, 2.24) is 15.3 Å². The smallest absolute Gasteiger partial charge is 0.345 e. The number of carbonyl (C=O) groups excluding carboxylic acids is 1. The Balaban J connectivity index is 1.61. The van der Waals surface area contributed by atoms with Gasteiger partial charge in [0.05, 0.1) is 0 Å². The maximum Gasteiger partial charge on any atom is 0.345 e. The average molecular weight is 379 g/mol. The number of fused-ring (bicyclic) bond motifs is 1. The lowest BCUT2D eigenvalue weighted by molar-refractivity contribution is -0.134. The average Bonchev–Trinajstić information content (AvgIpc) is 3.22. The molecule has 0 fully saturated rings. The minimum absolute atomic E-state index is 0.0986. The molecule has 1 aromatic carbocycles. The van der Waals surface area contributed by atoms with Gasteiger partial charge in [0.15, 0.2) is 11.3 Å². The highest BCUT2D eigenvalue weighted by molar-refractivity contribution is 6.26. The Morgan fingerprint density at radius 1 is 1.32 bits per heavy atom. The van der Waals surface area contributed by atoms with Gasteiger partial charge in [-0.05, 0) is 35.9 Å². The van der Waals surface area contributed by atoms with Crippen molar-refractivity contribution in [1.29, 1.82) is 0 Å². The molecule has 0 bridgehead atoms. The summed E-state index contributed by atoms with van der Waals surface area (Å²) in [6.07, 6.45) is 4.74. The summed E-state index contributed by atoms with van der Waals surface area (Å²) in [5.41, 5.74) is 1.35. The highest BCUT2D eigenvalue weighted by Crippen LogP contribution is 2.27. The molecule has 3 aromatic rings. The summed E-state index contributed by atoms with van der Waals surface area (Å²) in [6, 6.07) is 9.39. The Morgan fingerprint density at radius 3 is 2.96 bits per heavy atom. The Kier molecular flexibility index (Phi) is 4.36. The van der Waals surface area contributed by atoms with Crippen LogP contribution in [0.1, 0.15) is 11.1 Å². The number of carboxylic acids is 1. The molecule has 1 aliphatic rings. The molecule has 4 rings (SSSR count). The van der Waals surface area contributed by atoms with Crippen molar-refractivity contribution in [2.45, 2.75) is 6.54 Å². The van der Waals surface area contributed by atoms with Crippen molar-refractivity contribution < 1.29 is 23.8 Å². The van der Waals surface area contributed by atoms with Gasteiger partial charge in [-0.2, -0.15) is 0 Å². The molecule has 28 heavy (non-hydrogen) atoms. The van der Waals surface area contributed by atoms with E-state index in [2.05, 4.69) is 15.3 Å². The van der Waals surface area contributed by atoms with E-state index in [1.165, 1.54) is 24.3 Å². The first kappa shape index (κ1) is 17.5. The number of ether oxygens (including phenoxy) is 1. The van der Waals surface area contributed by atoms with E-state index in [0.29, 0.717) is 16.8 Å². The van der Waals surface area contributed by atoms with Crippen molar-refractivity contribution in [3.8, 4) is 0 Å². The zero-order valence-electron chi connectivity index (χ0n) is 14.4. The fourth-order valence-electron chi connectivity index (χ4n) is 2.91. The second kappa shape index (κ2) is 6.99. The van der Waals surface area contributed by atoms with Crippen LogP contribution in [-0.2, 0) is 20.9 Å². The van der Waals surface area contributed by atoms with Crippen LogP contribution in [0.4, 0.5) is 4.39 Å². The molecule has 0 unspecified atom stereocenters. The number of nitrogens with zero attached hydrogens (tertiary/aromatic N) is 1. The van der Waals surface area contributed by atoms with E-state index in [9.17, 15) is 19.1 Å². The first-order valence-corrected chi connectivity index (χ1v) is 8.35. The number of aromatic nitrogens is 2. The Bertz CT molecular complexity index is 1160. The van der Waals surface area contributed by atoms with Crippen LogP contribution in [0.15, 0.2) is 66.0 Å². The van der Waals surface area contributed by atoms with Gasteiger partial charge < -0.3 is 20.1 Å². The van der Waals surface area contributed by atoms with Crippen LogP contribution < -0.4 is 5.32 Å². The maximum absolute atomic E-state index is 13.3. The summed E-state index contributed by atoms with van der Waals surface area (Å²) in [4.78, 5) is 31.2. The van der Waals surface area contributed by atoms with Crippen LogP contribution >= 0.6 is 0 Å². The molecule has 0 atom stereocenters.